The zero-order valence-electron chi connectivity index (χ0n) is 13.4. The summed E-state index contributed by atoms with van der Waals surface area (Å²) in [6, 6.07) is 10.3. The van der Waals surface area contributed by atoms with Crippen LogP contribution in [0.5, 0.6) is 0 Å². The van der Waals surface area contributed by atoms with Gasteiger partial charge < -0.3 is 4.90 Å². The third kappa shape index (κ3) is 2.79. The Morgan fingerprint density at radius 1 is 1.25 bits per heavy atom. The van der Waals surface area contributed by atoms with Crippen LogP contribution in [0.1, 0.15) is 30.0 Å². The van der Waals surface area contributed by atoms with Crippen molar-refractivity contribution in [3.63, 3.8) is 0 Å². The fraction of sp³-hybridized carbons (Fsp3) is 0.389. The molecule has 0 aliphatic carbocycles. The molecule has 0 atom stereocenters. The molecule has 3 heterocycles. The molecule has 0 bridgehead atoms. The first-order valence-corrected chi connectivity index (χ1v) is 8.29. The molecule has 0 radical (unpaired) electrons. The highest BCUT2D eigenvalue weighted by molar-refractivity contribution is 5.95. The number of likely N-dealkylation sites (tertiary alicyclic amines) is 1. The van der Waals surface area contributed by atoms with Crippen molar-refractivity contribution >= 4 is 11.6 Å². The summed E-state index contributed by atoms with van der Waals surface area (Å²) >= 11 is 0. The first kappa shape index (κ1) is 14.9. The van der Waals surface area contributed by atoms with Gasteiger partial charge in [0.05, 0.1) is 29.6 Å². The maximum absolute atomic E-state index is 11.8. The maximum atomic E-state index is 11.8. The lowest BCUT2D eigenvalue weighted by atomic mass is 10.1. The summed E-state index contributed by atoms with van der Waals surface area (Å²) in [7, 11) is 0. The molecule has 0 unspecified atom stereocenters. The summed E-state index contributed by atoms with van der Waals surface area (Å²) < 4.78 is 1.98. The lowest BCUT2D eigenvalue weighted by Crippen LogP contribution is -2.47. The van der Waals surface area contributed by atoms with Crippen molar-refractivity contribution < 1.29 is 4.79 Å². The predicted molar refractivity (Wildman–Crippen MR) is 89.3 cm³/mol. The van der Waals surface area contributed by atoms with Crippen LogP contribution in [0.3, 0.4) is 0 Å². The molecule has 2 aliphatic rings. The summed E-state index contributed by atoms with van der Waals surface area (Å²) in [5.41, 5.74) is 2.83. The molecule has 122 valence electrons. The van der Waals surface area contributed by atoms with Crippen molar-refractivity contribution in [3.8, 4) is 6.07 Å². The third-order valence-corrected chi connectivity index (χ3v) is 4.77. The van der Waals surface area contributed by atoms with E-state index in [2.05, 4.69) is 16.1 Å². The number of hydrogen-bond acceptors (Lipinski definition) is 4. The fourth-order valence-electron chi connectivity index (χ4n) is 3.37. The largest absolute Gasteiger partial charge is 0.309 e. The average Bonchev–Trinajstić information content (AvgIpc) is 3.19. The fourth-order valence-corrected chi connectivity index (χ4v) is 3.37. The minimum atomic E-state index is 0.200. The zero-order chi connectivity index (χ0) is 16.5. The van der Waals surface area contributed by atoms with E-state index in [4.69, 9.17) is 5.26 Å². The van der Waals surface area contributed by atoms with Crippen molar-refractivity contribution in [1.29, 1.82) is 5.26 Å². The van der Waals surface area contributed by atoms with Gasteiger partial charge in [-0.2, -0.15) is 10.4 Å². The van der Waals surface area contributed by atoms with Crippen LogP contribution < -0.4 is 4.90 Å². The Bertz CT molecular complexity index is 782. The van der Waals surface area contributed by atoms with Gasteiger partial charge in [-0.25, -0.2) is 0 Å². The lowest BCUT2D eigenvalue weighted by molar-refractivity contribution is -0.117. The van der Waals surface area contributed by atoms with Gasteiger partial charge in [0.1, 0.15) is 0 Å². The summed E-state index contributed by atoms with van der Waals surface area (Å²) in [6.07, 6.45) is 5.37. The van der Waals surface area contributed by atoms with Gasteiger partial charge in [-0.05, 0) is 24.1 Å². The lowest BCUT2D eigenvalue weighted by Gasteiger charge is -2.39. The van der Waals surface area contributed by atoms with Crippen LogP contribution in [0.2, 0.25) is 0 Å². The van der Waals surface area contributed by atoms with Crippen LogP contribution in [0, 0.1) is 11.3 Å². The Morgan fingerprint density at radius 2 is 2.04 bits per heavy atom. The molecule has 0 spiro atoms. The van der Waals surface area contributed by atoms with E-state index in [-0.39, 0.29) is 5.91 Å². The first-order chi connectivity index (χ1) is 11.7. The second-order valence-electron chi connectivity index (χ2n) is 6.48. The molecule has 6 nitrogen and oxygen atoms in total. The molecule has 2 saturated heterocycles. The van der Waals surface area contributed by atoms with Crippen LogP contribution in [0.25, 0.3) is 0 Å². The summed E-state index contributed by atoms with van der Waals surface area (Å²) in [5, 5.41) is 13.3. The molecular weight excluding hydrogens is 302 g/mol. The van der Waals surface area contributed by atoms with E-state index in [0.29, 0.717) is 18.0 Å². The monoisotopic (exact) mass is 321 g/mol. The SMILES string of the molecule is N#Cc1ccc(CN2CC(n3cc(N4CCCC4=O)cn3)C2)cc1. The molecule has 2 fully saturated rings. The Balaban J connectivity index is 1.33. The molecule has 4 rings (SSSR count). The minimum Gasteiger partial charge on any atom is -0.309 e. The number of nitrogens with zero attached hydrogens (tertiary/aromatic N) is 5. The second kappa shape index (κ2) is 6.10. The summed E-state index contributed by atoms with van der Waals surface area (Å²) in [4.78, 5) is 16.0. The van der Waals surface area contributed by atoms with Gasteiger partial charge in [-0.1, -0.05) is 12.1 Å². The minimum absolute atomic E-state index is 0.200. The molecule has 1 aromatic carbocycles. The summed E-state index contributed by atoms with van der Waals surface area (Å²) in [6.45, 7) is 3.60. The standard InChI is InChI=1S/C18H19N5O/c19-8-14-3-5-15(6-4-14)10-21-11-17(12-21)23-13-16(9-20-23)22-7-1-2-18(22)24/h3-6,9,13,17H,1-2,7,10-12H2. The molecule has 6 heteroatoms. The van der Waals surface area contributed by atoms with Crippen molar-refractivity contribution in [2.75, 3.05) is 24.5 Å². The number of anilines is 1. The molecule has 24 heavy (non-hydrogen) atoms. The van der Waals surface area contributed by atoms with Gasteiger partial charge in [0, 0.05) is 38.8 Å². The number of carbonyl (C=O) groups excluding carboxylic acids is 1. The van der Waals surface area contributed by atoms with Gasteiger partial charge in [0.25, 0.3) is 0 Å². The van der Waals surface area contributed by atoms with Gasteiger partial charge >= 0.3 is 0 Å². The number of aromatic nitrogens is 2. The third-order valence-electron chi connectivity index (χ3n) is 4.77. The van der Waals surface area contributed by atoms with Crippen LogP contribution >= 0.6 is 0 Å². The molecule has 1 amide bonds. The number of nitriles is 1. The quantitative estimate of drug-likeness (QED) is 0.863. The molecule has 0 saturated carbocycles. The molecule has 0 N–H and O–H groups in total. The first-order valence-electron chi connectivity index (χ1n) is 8.29. The van der Waals surface area contributed by atoms with Crippen LogP contribution in [0.4, 0.5) is 5.69 Å². The molecule has 2 aliphatic heterocycles. The van der Waals surface area contributed by atoms with E-state index in [9.17, 15) is 4.79 Å². The van der Waals surface area contributed by atoms with E-state index >= 15 is 0 Å². The van der Waals surface area contributed by atoms with E-state index in [1.807, 2.05) is 40.0 Å². The Hall–Kier alpha value is -2.65. The Kier molecular flexibility index (Phi) is 3.79. The number of hydrogen-bond donors (Lipinski definition) is 0. The number of carbonyl (C=O) groups is 1. The van der Waals surface area contributed by atoms with Crippen LogP contribution in [-0.4, -0.2) is 40.2 Å². The highest BCUT2D eigenvalue weighted by Crippen LogP contribution is 2.26. The Morgan fingerprint density at radius 3 is 2.71 bits per heavy atom. The number of benzene rings is 1. The van der Waals surface area contributed by atoms with Crippen LogP contribution in [0.15, 0.2) is 36.7 Å². The summed E-state index contributed by atoms with van der Waals surface area (Å²) in [5.74, 6) is 0.200. The maximum Gasteiger partial charge on any atom is 0.227 e. The van der Waals surface area contributed by atoms with Crippen LogP contribution in [-0.2, 0) is 11.3 Å². The van der Waals surface area contributed by atoms with Crippen molar-refractivity contribution in [1.82, 2.24) is 14.7 Å². The highest BCUT2D eigenvalue weighted by atomic mass is 16.2. The van der Waals surface area contributed by atoms with Gasteiger partial charge in [-0.15, -0.1) is 0 Å². The van der Waals surface area contributed by atoms with Gasteiger partial charge in [-0.3, -0.25) is 14.4 Å². The predicted octanol–water partition coefficient (Wildman–Crippen LogP) is 1.94. The second-order valence-corrected chi connectivity index (χ2v) is 6.48. The number of amides is 1. The molecule has 2 aromatic rings. The van der Waals surface area contributed by atoms with Crippen molar-refractivity contribution in [3.05, 3.63) is 47.8 Å². The van der Waals surface area contributed by atoms with Gasteiger partial charge in [0.15, 0.2) is 0 Å². The van der Waals surface area contributed by atoms with E-state index in [1.165, 1.54) is 5.56 Å². The number of rotatable bonds is 4. The molecular formula is C18H19N5O. The smallest absolute Gasteiger partial charge is 0.227 e. The van der Waals surface area contributed by atoms with Gasteiger partial charge in [0.2, 0.25) is 5.91 Å². The van der Waals surface area contributed by atoms with E-state index in [1.54, 1.807) is 6.20 Å². The highest BCUT2D eigenvalue weighted by Gasteiger charge is 2.30. The normalized spacial score (nSPS) is 18.6. The zero-order valence-corrected chi connectivity index (χ0v) is 13.4. The van der Waals surface area contributed by atoms with E-state index < -0.39 is 0 Å². The van der Waals surface area contributed by atoms with E-state index in [0.717, 1.165) is 38.3 Å². The average molecular weight is 321 g/mol. The topological polar surface area (TPSA) is 65.2 Å². The van der Waals surface area contributed by atoms with Crippen molar-refractivity contribution in [2.24, 2.45) is 0 Å². The molecule has 1 aromatic heterocycles. The Labute approximate surface area is 140 Å². The van der Waals surface area contributed by atoms with Crippen molar-refractivity contribution in [2.45, 2.75) is 25.4 Å².